The fraction of sp³-hybridized carbons (Fsp3) is 0.857. The third-order valence-corrected chi connectivity index (χ3v) is 1.88. The molecule has 1 heterocycles. The second kappa shape index (κ2) is 3.19. The van der Waals surface area contributed by atoms with E-state index in [4.69, 9.17) is 4.74 Å². The molecule has 1 rings (SSSR count). The van der Waals surface area contributed by atoms with Crippen molar-refractivity contribution in [3.63, 3.8) is 0 Å². The van der Waals surface area contributed by atoms with Crippen LogP contribution in [0.5, 0.6) is 0 Å². The molecule has 1 N–H and O–H groups in total. The van der Waals surface area contributed by atoms with E-state index < -0.39 is 6.29 Å². The molecule has 0 aromatic rings. The van der Waals surface area contributed by atoms with E-state index in [0.29, 0.717) is 0 Å². The van der Waals surface area contributed by atoms with Crippen LogP contribution >= 0.6 is 0 Å². The van der Waals surface area contributed by atoms with Gasteiger partial charge in [0.05, 0.1) is 0 Å². The van der Waals surface area contributed by atoms with E-state index in [0.717, 1.165) is 12.1 Å². The number of methoxy groups -OCH3 is 1. The molecule has 0 saturated heterocycles. The van der Waals surface area contributed by atoms with Crippen molar-refractivity contribution in [1.82, 2.24) is 5.01 Å². The summed E-state index contributed by atoms with van der Waals surface area (Å²) in [4.78, 5) is 0. The molecule has 2 atom stereocenters. The summed E-state index contributed by atoms with van der Waals surface area (Å²) in [5, 5.41) is 15.2. The van der Waals surface area contributed by atoms with Crippen molar-refractivity contribution < 1.29 is 9.84 Å². The van der Waals surface area contributed by atoms with E-state index >= 15 is 0 Å². The first-order valence-corrected chi connectivity index (χ1v) is 3.63. The summed E-state index contributed by atoms with van der Waals surface area (Å²) in [6.07, 6.45) is 0.0482. The fourth-order valence-corrected chi connectivity index (χ4v) is 1.26. The molecule has 0 radical (unpaired) electrons. The van der Waals surface area contributed by atoms with Crippen LogP contribution in [0.1, 0.15) is 13.3 Å². The topological polar surface area (TPSA) is 45.1 Å². The van der Waals surface area contributed by atoms with Crippen molar-refractivity contribution in [2.24, 2.45) is 5.10 Å². The van der Waals surface area contributed by atoms with E-state index in [1.807, 2.05) is 14.0 Å². The molecular weight excluding hydrogens is 144 g/mol. The molecule has 64 valence electrons. The summed E-state index contributed by atoms with van der Waals surface area (Å²) in [5.74, 6) is 0. The van der Waals surface area contributed by atoms with Gasteiger partial charge in [-0.25, -0.2) is 0 Å². The average Bonchev–Trinajstić information content (AvgIpc) is 2.28. The Hall–Kier alpha value is -0.610. The van der Waals surface area contributed by atoms with Crippen molar-refractivity contribution in [3.05, 3.63) is 0 Å². The number of hydrogen-bond donors (Lipinski definition) is 1. The Bertz CT molecular complexity index is 170. The van der Waals surface area contributed by atoms with Gasteiger partial charge in [0.2, 0.25) is 0 Å². The van der Waals surface area contributed by atoms with Crippen LogP contribution in [-0.4, -0.2) is 42.3 Å². The normalized spacial score (nSPS) is 27.1. The molecule has 0 saturated carbocycles. The predicted octanol–water partition coefficient (Wildman–Crippen LogP) is 0.0312. The first-order valence-electron chi connectivity index (χ1n) is 3.63. The lowest BCUT2D eigenvalue weighted by molar-refractivity contribution is -0.115. The van der Waals surface area contributed by atoms with Gasteiger partial charge in [-0.3, -0.25) is 5.01 Å². The Labute approximate surface area is 66.5 Å². The SMILES string of the molecule is COC(O)C1CC(C)=NN1C. The van der Waals surface area contributed by atoms with Crippen LogP contribution in [0.3, 0.4) is 0 Å². The Balaban J connectivity index is 2.52. The number of rotatable bonds is 2. The van der Waals surface area contributed by atoms with Crippen molar-refractivity contribution in [1.29, 1.82) is 0 Å². The quantitative estimate of drug-likeness (QED) is 0.577. The van der Waals surface area contributed by atoms with Gasteiger partial charge in [-0.1, -0.05) is 0 Å². The van der Waals surface area contributed by atoms with E-state index in [1.165, 1.54) is 7.11 Å². The molecule has 2 unspecified atom stereocenters. The monoisotopic (exact) mass is 158 g/mol. The fourth-order valence-electron chi connectivity index (χ4n) is 1.26. The molecule has 0 spiro atoms. The lowest BCUT2D eigenvalue weighted by atomic mass is 10.1. The maximum Gasteiger partial charge on any atom is 0.176 e. The van der Waals surface area contributed by atoms with Crippen molar-refractivity contribution in [3.8, 4) is 0 Å². The van der Waals surface area contributed by atoms with Crippen LogP contribution in [0.25, 0.3) is 0 Å². The maximum absolute atomic E-state index is 9.31. The smallest absolute Gasteiger partial charge is 0.176 e. The summed E-state index contributed by atoms with van der Waals surface area (Å²) in [6.45, 7) is 1.94. The molecule has 0 aromatic carbocycles. The molecule has 1 aliphatic heterocycles. The Morgan fingerprint density at radius 2 is 2.45 bits per heavy atom. The van der Waals surface area contributed by atoms with Gasteiger partial charge >= 0.3 is 0 Å². The van der Waals surface area contributed by atoms with E-state index in [9.17, 15) is 5.11 Å². The molecule has 4 nitrogen and oxygen atoms in total. The number of aliphatic hydroxyl groups excluding tert-OH is 1. The molecule has 0 aromatic heterocycles. The molecule has 0 fully saturated rings. The molecule has 0 bridgehead atoms. The lowest BCUT2D eigenvalue weighted by Gasteiger charge is -2.22. The van der Waals surface area contributed by atoms with Gasteiger partial charge in [-0.2, -0.15) is 5.10 Å². The zero-order valence-electron chi connectivity index (χ0n) is 7.11. The summed E-state index contributed by atoms with van der Waals surface area (Å²) < 4.78 is 4.79. The third-order valence-electron chi connectivity index (χ3n) is 1.88. The van der Waals surface area contributed by atoms with Crippen LogP contribution in [0.15, 0.2) is 5.10 Å². The molecular formula is C7H14N2O2. The van der Waals surface area contributed by atoms with Crippen LogP contribution in [0, 0.1) is 0 Å². The minimum absolute atomic E-state index is 0.0139. The lowest BCUT2D eigenvalue weighted by Crippen LogP contribution is -2.36. The highest BCUT2D eigenvalue weighted by Crippen LogP contribution is 2.16. The van der Waals surface area contributed by atoms with Gasteiger partial charge in [-0.15, -0.1) is 0 Å². The third kappa shape index (κ3) is 1.70. The van der Waals surface area contributed by atoms with Gasteiger partial charge in [0.25, 0.3) is 0 Å². The van der Waals surface area contributed by atoms with Crippen molar-refractivity contribution >= 4 is 5.71 Å². The minimum atomic E-state index is -0.735. The van der Waals surface area contributed by atoms with E-state index in [2.05, 4.69) is 5.10 Å². The standard InChI is InChI=1S/C7H14N2O2/c1-5-4-6(7(10)11-3)9(2)8-5/h6-7,10H,4H2,1-3H3. The Morgan fingerprint density at radius 1 is 1.82 bits per heavy atom. The zero-order chi connectivity index (χ0) is 8.43. The predicted molar refractivity (Wildman–Crippen MR) is 42.3 cm³/mol. The van der Waals surface area contributed by atoms with Crippen LogP contribution < -0.4 is 0 Å². The van der Waals surface area contributed by atoms with Crippen LogP contribution in [0.4, 0.5) is 0 Å². The number of likely N-dealkylation sites (N-methyl/N-ethyl adjacent to an activating group) is 1. The van der Waals surface area contributed by atoms with Gasteiger partial charge in [0.1, 0.15) is 6.04 Å². The van der Waals surface area contributed by atoms with Crippen molar-refractivity contribution in [2.75, 3.05) is 14.2 Å². The highest BCUT2D eigenvalue weighted by molar-refractivity contribution is 5.83. The first kappa shape index (κ1) is 8.49. The van der Waals surface area contributed by atoms with Gasteiger partial charge in [0, 0.05) is 26.3 Å². The van der Waals surface area contributed by atoms with E-state index in [1.54, 1.807) is 5.01 Å². The highest BCUT2D eigenvalue weighted by atomic mass is 16.6. The minimum Gasteiger partial charge on any atom is -0.366 e. The summed E-state index contributed by atoms with van der Waals surface area (Å²) in [6, 6.07) is -0.0139. The highest BCUT2D eigenvalue weighted by Gasteiger charge is 2.27. The molecule has 1 aliphatic rings. The van der Waals surface area contributed by atoms with Gasteiger partial charge < -0.3 is 9.84 Å². The maximum atomic E-state index is 9.31. The molecule has 11 heavy (non-hydrogen) atoms. The second-order valence-corrected chi connectivity index (χ2v) is 2.81. The van der Waals surface area contributed by atoms with Crippen molar-refractivity contribution in [2.45, 2.75) is 25.7 Å². The Kier molecular flexibility index (Phi) is 2.46. The summed E-state index contributed by atoms with van der Waals surface area (Å²) >= 11 is 0. The largest absolute Gasteiger partial charge is 0.366 e. The number of nitrogens with zero attached hydrogens (tertiary/aromatic N) is 2. The number of hydrogen-bond acceptors (Lipinski definition) is 4. The molecule has 0 aliphatic carbocycles. The molecule has 4 heteroatoms. The van der Waals surface area contributed by atoms with Gasteiger partial charge in [0.15, 0.2) is 6.29 Å². The van der Waals surface area contributed by atoms with E-state index in [-0.39, 0.29) is 6.04 Å². The zero-order valence-corrected chi connectivity index (χ0v) is 7.11. The second-order valence-electron chi connectivity index (χ2n) is 2.81. The van der Waals surface area contributed by atoms with Crippen LogP contribution in [-0.2, 0) is 4.74 Å². The van der Waals surface area contributed by atoms with Gasteiger partial charge in [-0.05, 0) is 6.92 Å². The number of hydrazone groups is 1. The summed E-state index contributed by atoms with van der Waals surface area (Å²) in [5.41, 5.74) is 1.04. The molecule has 0 amide bonds. The number of ether oxygens (including phenoxy) is 1. The average molecular weight is 158 g/mol. The number of aliphatic hydroxyl groups is 1. The first-order chi connectivity index (χ1) is 5.15. The Morgan fingerprint density at radius 3 is 2.82 bits per heavy atom. The van der Waals surface area contributed by atoms with Crippen LogP contribution in [0.2, 0.25) is 0 Å². The summed E-state index contributed by atoms with van der Waals surface area (Å²) in [7, 11) is 3.33.